The third-order valence-electron chi connectivity index (χ3n) is 4.79. The molecule has 7 heteroatoms. The van der Waals surface area contributed by atoms with Crippen molar-refractivity contribution in [1.82, 2.24) is 24.5 Å². The van der Waals surface area contributed by atoms with Crippen molar-refractivity contribution in [1.29, 1.82) is 0 Å². The molecule has 3 heterocycles. The van der Waals surface area contributed by atoms with Gasteiger partial charge in [-0.25, -0.2) is 4.68 Å². The van der Waals surface area contributed by atoms with Gasteiger partial charge in [0, 0.05) is 45.4 Å². The number of hydrogen-bond donors (Lipinski definition) is 0. The van der Waals surface area contributed by atoms with Gasteiger partial charge in [-0.05, 0) is 22.8 Å². The van der Waals surface area contributed by atoms with Gasteiger partial charge < -0.3 is 4.90 Å². The summed E-state index contributed by atoms with van der Waals surface area (Å²) in [4.78, 5) is 26.3. The maximum Gasteiger partial charge on any atom is 0.274 e. The highest BCUT2D eigenvalue weighted by molar-refractivity contribution is 5.92. The minimum atomic E-state index is -0.237. The summed E-state index contributed by atoms with van der Waals surface area (Å²) in [5.74, 6) is -0.117. The average molecular weight is 349 g/mol. The summed E-state index contributed by atoms with van der Waals surface area (Å²) in [5.41, 5.74) is 3.45. The monoisotopic (exact) mass is 349 g/mol. The Morgan fingerprint density at radius 3 is 2.69 bits per heavy atom. The van der Waals surface area contributed by atoms with Gasteiger partial charge in [0.25, 0.3) is 11.5 Å². The van der Waals surface area contributed by atoms with Crippen LogP contribution in [0.15, 0.2) is 53.6 Å². The molecule has 1 atom stereocenters. The lowest BCUT2D eigenvalue weighted by molar-refractivity contribution is 0.0716. The van der Waals surface area contributed by atoms with Crippen molar-refractivity contribution in [3.8, 4) is 0 Å². The highest BCUT2D eigenvalue weighted by Gasteiger charge is 2.30. The van der Waals surface area contributed by atoms with Crippen LogP contribution in [0.1, 0.15) is 33.1 Å². The van der Waals surface area contributed by atoms with E-state index in [-0.39, 0.29) is 23.1 Å². The lowest BCUT2D eigenvalue weighted by Gasteiger charge is -2.34. The maximum absolute atomic E-state index is 13.0. The zero-order chi connectivity index (χ0) is 18.3. The van der Waals surface area contributed by atoms with Crippen LogP contribution in [0.5, 0.6) is 0 Å². The Bertz CT molecular complexity index is 1040. The first-order valence-corrected chi connectivity index (χ1v) is 8.43. The highest BCUT2D eigenvalue weighted by Crippen LogP contribution is 2.33. The molecule has 1 aliphatic rings. The minimum absolute atomic E-state index is 0.0603. The van der Waals surface area contributed by atoms with E-state index < -0.39 is 0 Å². The first-order chi connectivity index (χ1) is 12.5. The topological polar surface area (TPSA) is 73.0 Å². The molecule has 0 saturated heterocycles. The molecule has 0 saturated carbocycles. The predicted octanol–water partition coefficient (Wildman–Crippen LogP) is 1.30. The number of rotatable bonds is 2. The summed E-state index contributed by atoms with van der Waals surface area (Å²) in [5, 5.41) is 8.38. The van der Waals surface area contributed by atoms with Crippen molar-refractivity contribution in [2.45, 2.75) is 12.5 Å². The number of aromatic nitrogens is 4. The Kier molecular flexibility index (Phi) is 3.91. The van der Waals surface area contributed by atoms with E-state index in [0.717, 1.165) is 11.1 Å². The van der Waals surface area contributed by atoms with E-state index in [0.29, 0.717) is 13.1 Å². The van der Waals surface area contributed by atoms with Crippen LogP contribution in [0.4, 0.5) is 0 Å². The lowest BCUT2D eigenvalue weighted by Crippen LogP contribution is -2.39. The number of amides is 1. The maximum atomic E-state index is 13.0. The molecular formula is C19H19N5O2. The molecule has 132 valence electrons. The fourth-order valence-corrected chi connectivity index (χ4v) is 3.45. The molecule has 1 aliphatic heterocycles. The Balaban J connectivity index is 1.71. The van der Waals surface area contributed by atoms with Crippen molar-refractivity contribution < 1.29 is 4.79 Å². The summed E-state index contributed by atoms with van der Waals surface area (Å²) in [7, 11) is 3.43. The standard InChI is InChI=1S/C19H19N5O2/c1-22-10-14(9-20-22)16-12-24(11-13-5-3-4-6-15(13)16)19(26)17-7-8-18(25)23(2)21-17/h3-10,16H,11-12H2,1-2H3/t16-/m0/s1. The Hall–Kier alpha value is -3.22. The first-order valence-electron chi connectivity index (χ1n) is 8.43. The van der Waals surface area contributed by atoms with Gasteiger partial charge in [0.2, 0.25) is 0 Å². The van der Waals surface area contributed by atoms with Crippen LogP contribution < -0.4 is 5.56 Å². The molecule has 1 amide bonds. The second-order valence-electron chi connectivity index (χ2n) is 6.56. The van der Waals surface area contributed by atoms with Crippen LogP contribution in [-0.2, 0) is 20.6 Å². The molecule has 0 bridgehead atoms. The number of carbonyl (C=O) groups excluding carboxylic acids is 1. The van der Waals surface area contributed by atoms with Gasteiger partial charge >= 0.3 is 0 Å². The van der Waals surface area contributed by atoms with Gasteiger partial charge in [-0.1, -0.05) is 24.3 Å². The van der Waals surface area contributed by atoms with Gasteiger partial charge in [-0.15, -0.1) is 0 Å². The zero-order valence-corrected chi connectivity index (χ0v) is 14.7. The van der Waals surface area contributed by atoms with Crippen molar-refractivity contribution >= 4 is 5.91 Å². The summed E-state index contributed by atoms with van der Waals surface area (Å²) < 4.78 is 2.96. The molecule has 7 nitrogen and oxygen atoms in total. The molecule has 1 aromatic carbocycles. The Morgan fingerprint density at radius 2 is 1.96 bits per heavy atom. The SMILES string of the molecule is Cn1cc([C@@H]2CN(C(=O)c3ccc(=O)n(C)n3)Cc3ccccc32)cn1. The lowest BCUT2D eigenvalue weighted by atomic mass is 9.86. The average Bonchev–Trinajstić information content (AvgIpc) is 3.08. The molecule has 0 N–H and O–H groups in total. The summed E-state index contributed by atoms with van der Waals surface area (Å²) >= 11 is 0. The zero-order valence-electron chi connectivity index (χ0n) is 14.7. The van der Waals surface area contributed by atoms with Crippen LogP contribution in [0.25, 0.3) is 0 Å². The Labute approximate surface area is 150 Å². The van der Waals surface area contributed by atoms with Crippen LogP contribution in [0.2, 0.25) is 0 Å². The van der Waals surface area contributed by atoms with Crippen molar-refractivity contribution in [3.63, 3.8) is 0 Å². The second kappa shape index (κ2) is 6.25. The van der Waals surface area contributed by atoms with Crippen LogP contribution in [0.3, 0.4) is 0 Å². The third-order valence-corrected chi connectivity index (χ3v) is 4.79. The molecule has 26 heavy (non-hydrogen) atoms. The smallest absolute Gasteiger partial charge is 0.274 e. The second-order valence-corrected chi connectivity index (χ2v) is 6.56. The van der Waals surface area contributed by atoms with E-state index >= 15 is 0 Å². The van der Waals surface area contributed by atoms with E-state index in [4.69, 9.17) is 0 Å². The van der Waals surface area contributed by atoms with Crippen LogP contribution in [0, 0.1) is 0 Å². The number of nitrogens with zero attached hydrogens (tertiary/aromatic N) is 5. The molecule has 3 aromatic rings. The third kappa shape index (κ3) is 2.81. The van der Waals surface area contributed by atoms with E-state index in [1.165, 1.54) is 22.4 Å². The van der Waals surface area contributed by atoms with Crippen molar-refractivity contribution in [3.05, 3.63) is 81.5 Å². The van der Waals surface area contributed by atoms with Gasteiger partial charge in [-0.2, -0.15) is 10.2 Å². The first kappa shape index (κ1) is 16.3. The number of hydrogen-bond acceptors (Lipinski definition) is 4. The fourth-order valence-electron chi connectivity index (χ4n) is 3.45. The molecule has 0 unspecified atom stereocenters. The molecule has 0 aliphatic carbocycles. The van der Waals surface area contributed by atoms with Crippen molar-refractivity contribution in [2.24, 2.45) is 14.1 Å². The fraction of sp³-hybridized carbons (Fsp3) is 0.263. The summed E-state index contributed by atoms with van der Waals surface area (Å²) in [6, 6.07) is 11.0. The molecular weight excluding hydrogens is 330 g/mol. The number of fused-ring (bicyclic) bond motifs is 1. The minimum Gasteiger partial charge on any atom is -0.332 e. The van der Waals surface area contributed by atoms with Gasteiger partial charge in [0.1, 0.15) is 5.69 Å². The van der Waals surface area contributed by atoms with E-state index in [1.54, 1.807) is 16.6 Å². The normalized spacial score (nSPS) is 16.4. The number of aryl methyl sites for hydroxylation is 2. The molecule has 0 radical (unpaired) electrons. The van der Waals surface area contributed by atoms with E-state index in [2.05, 4.69) is 16.3 Å². The molecule has 0 spiro atoms. The van der Waals surface area contributed by atoms with Crippen LogP contribution >= 0.6 is 0 Å². The number of carbonyl (C=O) groups is 1. The molecule has 0 fully saturated rings. The molecule has 4 rings (SSSR count). The summed E-state index contributed by atoms with van der Waals surface area (Å²) in [6.45, 7) is 1.07. The predicted molar refractivity (Wildman–Crippen MR) is 95.7 cm³/mol. The van der Waals surface area contributed by atoms with Gasteiger partial charge in [-0.3, -0.25) is 14.3 Å². The highest BCUT2D eigenvalue weighted by atomic mass is 16.2. The van der Waals surface area contributed by atoms with E-state index in [1.807, 2.05) is 37.6 Å². The molecule has 2 aromatic heterocycles. The quantitative estimate of drug-likeness (QED) is 0.699. The van der Waals surface area contributed by atoms with E-state index in [9.17, 15) is 9.59 Å². The van der Waals surface area contributed by atoms with Crippen molar-refractivity contribution in [2.75, 3.05) is 6.54 Å². The Morgan fingerprint density at radius 1 is 1.15 bits per heavy atom. The van der Waals surface area contributed by atoms with Crippen LogP contribution in [-0.4, -0.2) is 36.9 Å². The largest absolute Gasteiger partial charge is 0.332 e. The van der Waals surface area contributed by atoms with Gasteiger partial charge in [0.15, 0.2) is 0 Å². The summed E-state index contributed by atoms with van der Waals surface area (Å²) in [6.07, 6.45) is 3.83. The van der Waals surface area contributed by atoms with Gasteiger partial charge in [0.05, 0.1) is 6.20 Å². The number of benzene rings is 1.